The molecule has 0 aliphatic rings. The Morgan fingerprint density at radius 1 is 1.33 bits per heavy atom. The number of hydrogen-bond donors (Lipinski definition) is 1. The Kier molecular flexibility index (Phi) is 6.15. The fourth-order valence-electron chi connectivity index (χ4n) is 1.71. The molecule has 1 rings (SSSR count). The van der Waals surface area contributed by atoms with Crippen molar-refractivity contribution in [2.45, 2.75) is 39.3 Å². The van der Waals surface area contributed by atoms with Crippen molar-refractivity contribution in [2.24, 2.45) is 0 Å². The minimum absolute atomic E-state index is 0.00761. The van der Waals surface area contributed by atoms with Crippen molar-refractivity contribution in [3.05, 3.63) is 30.1 Å². The van der Waals surface area contributed by atoms with E-state index in [9.17, 15) is 9.18 Å². The highest BCUT2D eigenvalue weighted by molar-refractivity contribution is 5.81. The molecule has 0 fully saturated rings. The molecule has 0 unspecified atom stereocenters. The van der Waals surface area contributed by atoms with Crippen molar-refractivity contribution in [1.82, 2.24) is 10.2 Å². The van der Waals surface area contributed by atoms with Crippen molar-refractivity contribution in [3.63, 3.8) is 0 Å². The van der Waals surface area contributed by atoms with Crippen LogP contribution in [0.3, 0.4) is 0 Å². The van der Waals surface area contributed by atoms with Crippen molar-refractivity contribution in [1.29, 1.82) is 0 Å². The highest BCUT2D eigenvalue weighted by atomic mass is 19.1. The largest absolute Gasteiger partial charge is 0.492 e. The Morgan fingerprint density at radius 3 is 2.43 bits per heavy atom. The Morgan fingerprint density at radius 2 is 1.90 bits per heavy atom. The quantitative estimate of drug-likeness (QED) is 0.876. The molecular formula is C16H25FN2O2. The number of carbonyl (C=O) groups excluding carboxylic acids is 1. The van der Waals surface area contributed by atoms with Gasteiger partial charge in [0, 0.05) is 12.1 Å². The molecule has 0 heterocycles. The maximum atomic E-state index is 12.8. The fraction of sp³-hybridized carbons (Fsp3) is 0.562. The number of nitrogens with zero attached hydrogens (tertiary/aromatic N) is 1. The normalized spacial score (nSPS) is 13.1. The van der Waals surface area contributed by atoms with E-state index in [0.29, 0.717) is 18.9 Å². The zero-order valence-electron chi connectivity index (χ0n) is 13.4. The Labute approximate surface area is 126 Å². The number of nitrogens with one attached hydrogen (secondary N) is 1. The van der Waals surface area contributed by atoms with Gasteiger partial charge in [0.1, 0.15) is 18.2 Å². The van der Waals surface area contributed by atoms with Crippen molar-refractivity contribution >= 4 is 5.91 Å². The van der Waals surface area contributed by atoms with Crippen LogP contribution in [0.2, 0.25) is 0 Å². The molecule has 1 aromatic carbocycles. The van der Waals surface area contributed by atoms with E-state index in [1.807, 2.05) is 39.6 Å². The van der Waals surface area contributed by atoms with Crippen LogP contribution >= 0.6 is 0 Å². The van der Waals surface area contributed by atoms with Gasteiger partial charge in [0.15, 0.2) is 0 Å². The second-order valence-corrected chi connectivity index (χ2v) is 6.20. The van der Waals surface area contributed by atoms with Gasteiger partial charge in [-0.2, -0.15) is 0 Å². The summed E-state index contributed by atoms with van der Waals surface area (Å²) in [6.07, 6.45) is 0. The van der Waals surface area contributed by atoms with E-state index in [2.05, 4.69) is 5.32 Å². The van der Waals surface area contributed by atoms with Gasteiger partial charge in [0.25, 0.3) is 0 Å². The molecule has 1 N–H and O–H groups in total. The third-order valence-corrected chi connectivity index (χ3v) is 3.07. The number of halogens is 1. The zero-order chi connectivity index (χ0) is 16.0. The average Bonchev–Trinajstić information content (AvgIpc) is 2.38. The van der Waals surface area contributed by atoms with Crippen molar-refractivity contribution < 1.29 is 13.9 Å². The van der Waals surface area contributed by atoms with Crippen LogP contribution in [0.15, 0.2) is 24.3 Å². The second kappa shape index (κ2) is 7.41. The van der Waals surface area contributed by atoms with E-state index in [1.165, 1.54) is 12.1 Å². The summed E-state index contributed by atoms with van der Waals surface area (Å²) in [6.45, 7) is 8.77. The molecule has 5 heteroatoms. The lowest BCUT2D eigenvalue weighted by molar-refractivity contribution is -0.126. The summed E-state index contributed by atoms with van der Waals surface area (Å²) in [4.78, 5) is 14.0. The van der Waals surface area contributed by atoms with E-state index in [4.69, 9.17) is 4.74 Å². The number of rotatable bonds is 6. The molecule has 0 radical (unpaired) electrons. The highest BCUT2D eigenvalue weighted by Gasteiger charge is 2.22. The smallest absolute Gasteiger partial charge is 0.237 e. The molecule has 0 aliphatic heterocycles. The first kappa shape index (κ1) is 17.4. The first-order valence-corrected chi connectivity index (χ1v) is 7.09. The number of carbonyl (C=O) groups is 1. The molecule has 0 bridgehead atoms. The first-order valence-electron chi connectivity index (χ1n) is 7.09. The van der Waals surface area contributed by atoms with Gasteiger partial charge in [0.05, 0.1) is 6.04 Å². The van der Waals surface area contributed by atoms with Crippen molar-refractivity contribution in [3.8, 4) is 5.75 Å². The Hall–Kier alpha value is -1.62. The predicted molar refractivity (Wildman–Crippen MR) is 81.9 cm³/mol. The van der Waals surface area contributed by atoms with Crippen LogP contribution < -0.4 is 10.1 Å². The maximum Gasteiger partial charge on any atom is 0.237 e. The van der Waals surface area contributed by atoms with Gasteiger partial charge in [0.2, 0.25) is 5.91 Å². The number of hydrogen-bond acceptors (Lipinski definition) is 3. The van der Waals surface area contributed by atoms with E-state index in [0.717, 1.165) is 0 Å². The number of likely N-dealkylation sites (N-methyl/N-ethyl adjacent to an activating group) is 1. The Bertz CT molecular complexity index is 454. The maximum absolute atomic E-state index is 12.8. The van der Waals surface area contributed by atoms with Crippen LogP contribution in [0, 0.1) is 5.82 Å². The monoisotopic (exact) mass is 296 g/mol. The van der Waals surface area contributed by atoms with Gasteiger partial charge in [-0.15, -0.1) is 0 Å². The molecule has 1 aromatic rings. The molecule has 0 saturated carbocycles. The van der Waals surface area contributed by atoms with Crippen molar-refractivity contribution in [2.75, 3.05) is 20.2 Å². The number of ether oxygens (including phenoxy) is 1. The summed E-state index contributed by atoms with van der Waals surface area (Å²) in [5.74, 6) is 0.329. The summed E-state index contributed by atoms with van der Waals surface area (Å²) >= 11 is 0. The topological polar surface area (TPSA) is 41.6 Å². The second-order valence-electron chi connectivity index (χ2n) is 6.20. The third kappa shape index (κ3) is 6.58. The highest BCUT2D eigenvalue weighted by Crippen LogP contribution is 2.11. The Balaban J connectivity index is 2.37. The molecule has 0 aliphatic carbocycles. The summed E-state index contributed by atoms with van der Waals surface area (Å²) in [5.41, 5.74) is -0.239. The molecule has 1 amide bonds. The van der Waals surface area contributed by atoms with Crippen LogP contribution in [0.5, 0.6) is 5.75 Å². The summed E-state index contributed by atoms with van der Waals surface area (Å²) in [6, 6.07) is 5.66. The van der Waals surface area contributed by atoms with E-state index in [1.54, 1.807) is 12.1 Å². The molecule has 21 heavy (non-hydrogen) atoms. The third-order valence-electron chi connectivity index (χ3n) is 3.07. The van der Waals surface area contributed by atoms with Gasteiger partial charge >= 0.3 is 0 Å². The lowest BCUT2D eigenvalue weighted by Crippen LogP contribution is -2.50. The average molecular weight is 296 g/mol. The lowest BCUT2D eigenvalue weighted by atomic mass is 10.1. The van der Waals surface area contributed by atoms with Crippen LogP contribution in [0.4, 0.5) is 4.39 Å². The van der Waals surface area contributed by atoms with Crippen LogP contribution in [-0.4, -0.2) is 42.6 Å². The van der Waals surface area contributed by atoms with Crippen LogP contribution in [0.1, 0.15) is 27.7 Å². The predicted octanol–water partition coefficient (Wildman–Crippen LogP) is 2.44. The molecular weight excluding hydrogens is 271 g/mol. The summed E-state index contributed by atoms with van der Waals surface area (Å²) in [7, 11) is 1.88. The van der Waals surface area contributed by atoms with E-state index < -0.39 is 0 Å². The van der Waals surface area contributed by atoms with Gasteiger partial charge in [-0.1, -0.05) is 0 Å². The molecule has 4 nitrogen and oxygen atoms in total. The first-order chi connectivity index (χ1) is 9.69. The van der Waals surface area contributed by atoms with E-state index >= 15 is 0 Å². The molecule has 0 saturated heterocycles. The van der Waals surface area contributed by atoms with Gasteiger partial charge in [-0.3, -0.25) is 9.69 Å². The standard InChI is InChI=1S/C16H25FN2O2/c1-12(15(20)18-16(2,3)4)19(5)10-11-21-14-8-6-13(17)7-9-14/h6-9,12H,10-11H2,1-5H3,(H,18,20)/t12-/m1/s1. The van der Waals surface area contributed by atoms with Gasteiger partial charge in [-0.25, -0.2) is 4.39 Å². The summed E-state index contributed by atoms with van der Waals surface area (Å²) < 4.78 is 18.3. The summed E-state index contributed by atoms with van der Waals surface area (Å²) in [5, 5.41) is 2.95. The molecule has 118 valence electrons. The SMILES string of the molecule is C[C@H](C(=O)NC(C)(C)C)N(C)CCOc1ccc(F)cc1. The minimum Gasteiger partial charge on any atom is -0.492 e. The van der Waals surface area contributed by atoms with Crippen LogP contribution in [0.25, 0.3) is 0 Å². The minimum atomic E-state index is -0.285. The van der Waals surface area contributed by atoms with Gasteiger partial charge < -0.3 is 10.1 Å². The molecule has 1 atom stereocenters. The lowest BCUT2D eigenvalue weighted by Gasteiger charge is -2.28. The number of amides is 1. The number of benzene rings is 1. The van der Waals surface area contributed by atoms with Gasteiger partial charge in [-0.05, 0) is 59.0 Å². The molecule has 0 spiro atoms. The fourth-order valence-corrected chi connectivity index (χ4v) is 1.71. The molecule has 0 aromatic heterocycles. The van der Waals surface area contributed by atoms with Crippen LogP contribution in [-0.2, 0) is 4.79 Å². The van der Waals surface area contributed by atoms with E-state index in [-0.39, 0.29) is 23.3 Å². The zero-order valence-corrected chi connectivity index (χ0v) is 13.4.